The Morgan fingerprint density at radius 2 is 1.69 bits per heavy atom. The molecule has 1 unspecified atom stereocenters. The molecule has 0 spiro atoms. The summed E-state index contributed by atoms with van der Waals surface area (Å²) < 4.78 is 10.5. The Hall–Kier alpha value is -1.95. The highest BCUT2D eigenvalue weighted by Gasteiger charge is 2.27. The zero-order valence-corrected chi connectivity index (χ0v) is 19.8. The van der Waals surface area contributed by atoms with E-state index >= 15 is 0 Å². The van der Waals surface area contributed by atoms with Gasteiger partial charge in [0.05, 0.1) is 24.5 Å². The van der Waals surface area contributed by atoms with Gasteiger partial charge in [0, 0.05) is 16.0 Å². The number of nitrogens with zero attached hydrogens (tertiary/aromatic N) is 1. The SMILES string of the molecule is COC(=O)Cc1nc(C(C)Sc2cc(C(C)(C)C)c(O)c(C(C)(C)C)c2)oc1C. The number of carbonyl (C=O) groups is 1. The maximum absolute atomic E-state index is 11.6. The van der Waals surface area contributed by atoms with Gasteiger partial charge in [0.1, 0.15) is 11.5 Å². The van der Waals surface area contributed by atoms with Crippen LogP contribution >= 0.6 is 11.8 Å². The van der Waals surface area contributed by atoms with Crippen molar-refractivity contribution in [1.29, 1.82) is 0 Å². The zero-order valence-electron chi connectivity index (χ0n) is 19.0. The molecule has 2 aromatic rings. The first kappa shape index (κ1) is 23.3. The van der Waals surface area contributed by atoms with Crippen molar-refractivity contribution in [3.8, 4) is 5.75 Å². The Labute approximate surface area is 178 Å². The van der Waals surface area contributed by atoms with Crippen LogP contribution in [-0.2, 0) is 26.8 Å². The van der Waals surface area contributed by atoms with Crippen LogP contribution in [0.1, 0.15) is 82.2 Å². The smallest absolute Gasteiger partial charge is 0.311 e. The van der Waals surface area contributed by atoms with Gasteiger partial charge >= 0.3 is 5.97 Å². The zero-order chi connectivity index (χ0) is 22.1. The summed E-state index contributed by atoms with van der Waals surface area (Å²) in [5, 5.41) is 10.8. The van der Waals surface area contributed by atoms with E-state index in [2.05, 4.69) is 58.7 Å². The van der Waals surface area contributed by atoms with E-state index in [0.29, 0.717) is 23.1 Å². The molecule has 1 N–H and O–H groups in total. The van der Waals surface area contributed by atoms with E-state index in [1.54, 1.807) is 11.8 Å². The Balaban J connectivity index is 2.38. The monoisotopic (exact) mass is 419 g/mol. The summed E-state index contributed by atoms with van der Waals surface area (Å²) in [6, 6.07) is 4.10. The molecule has 0 saturated heterocycles. The van der Waals surface area contributed by atoms with Crippen LogP contribution in [0.4, 0.5) is 0 Å². The average molecular weight is 420 g/mol. The first-order valence-corrected chi connectivity index (χ1v) is 10.7. The number of benzene rings is 1. The molecule has 1 aromatic carbocycles. The molecule has 0 amide bonds. The van der Waals surface area contributed by atoms with E-state index in [1.807, 2.05) is 13.8 Å². The lowest BCUT2D eigenvalue weighted by Crippen LogP contribution is -2.17. The summed E-state index contributed by atoms with van der Waals surface area (Å²) in [6.07, 6.45) is 0.102. The number of aromatic hydroxyl groups is 1. The Bertz CT molecular complexity index is 852. The van der Waals surface area contributed by atoms with Crippen molar-refractivity contribution in [3.05, 3.63) is 40.6 Å². The largest absolute Gasteiger partial charge is 0.507 e. The van der Waals surface area contributed by atoms with Gasteiger partial charge in [0.15, 0.2) is 0 Å². The lowest BCUT2D eigenvalue weighted by molar-refractivity contribution is -0.139. The minimum atomic E-state index is -0.337. The second kappa shape index (κ2) is 8.42. The molecule has 0 fully saturated rings. The number of phenols is 1. The van der Waals surface area contributed by atoms with Crippen molar-refractivity contribution in [2.24, 2.45) is 0 Å². The van der Waals surface area contributed by atoms with Gasteiger partial charge in [-0.1, -0.05) is 41.5 Å². The average Bonchev–Trinajstić information content (AvgIpc) is 2.95. The van der Waals surface area contributed by atoms with Gasteiger partial charge < -0.3 is 14.3 Å². The number of hydrogen-bond donors (Lipinski definition) is 1. The summed E-state index contributed by atoms with van der Waals surface area (Å²) in [6.45, 7) is 16.4. The van der Waals surface area contributed by atoms with Gasteiger partial charge in [0.2, 0.25) is 5.89 Å². The van der Waals surface area contributed by atoms with Crippen molar-refractivity contribution in [1.82, 2.24) is 4.98 Å². The van der Waals surface area contributed by atoms with E-state index in [0.717, 1.165) is 16.0 Å². The third-order valence-electron chi connectivity index (χ3n) is 4.81. The van der Waals surface area contributed by atoms with Gasteiger partial charge in [-0.15, -0.1) is 11.8 Å². The quantitative estimate of drug-likeness (QED) is 0.484. The third-order valence-corrected chi connectivity index (χ3v) is 5.87. The fourth-order valence-electron chi connectivity index (χ4n) is 3.07. The summed E-state index contributed by atoms with van der Waals surface area (Å²) in [4.78, 5) is 17.1. The van der Waals surface area contributed by atoms with Crippen LogP contribution in [-0.4, -0.2) is 23.2 Å². The van der Waals surface area contributed by atoms with Crippen molar-refractivity contribution >= 4 is 17.7 Å². The fourth-order valence-corrected chi connectivity index (χ4v) is 4.05. The van der Waals surface area contributed by atoms with Crippen LogP contribution in [0.3, 0.4) is 0 Å². The number of esters is 1. The van der Waals surface area contributed by atoms with E-state index in [4.69, 9.17) is 9.15 Å². The Morgan fingerprint density at radius 1 is 1.17 bits per heavy atom. The molecule has 0 aliphatic rings. The number of aryl methyl sites for hydroxylation is 1. The lowest BCUT2D eigenvalue weighted by atomic mass is 9.79. The molecule has 0 aliphatic carbocycles. The highest BCUT2D eigenvalue weighted by Crippen LogP contribution is 2.44. The Kier molecular flexibility index (Phi) is 6.78. The van der Waals surface area contributed by atoms with Crippen molar-refractivity contribution in [2.45, 2.75) is 82.8 Å². The number of ether oxygens (including phenoxy) is 1. The molecule has 0 saturated carbocycles. The molecule has 2 rings (SSSR count). The third kappa shape index (κ3) is 5.56. The van der Waals surface area contributed by atoms with E-state index < -0.39 is 0 Å². The van der Waals surface area contributed by atoms with Crippen LogP contribution in [0.5, 0.6) is 5.75 Å². The van der Waals surface area contributed by atoms with Crippen LogP contribution in [0.15, 0.2) is 21.4 Å². The van der Waals surface area contributed by atoms with Crippen LogP contribution in [0.25, 0.3) is 0 Å². The second-order valence-corrected chi connectivity index (χ2v) is 10.8. The molecule has 0 radical (unpaired) electrons. The standard InChI is InChI=1S/C23H33NO4S/c1-13-18(12-19(25)27-9)24-21(28-13)14(2)29-15-10-16(22(3,4)5)20(26)17(11-15)23(6,7)8/h10-11,14,26H,12H2,1-9H3. The van der Waals surface area contributed by atoms with Crippen molar-refractivity contribution in [3.63, 3.8) is 0 Å². The predicted molar refractivity (Wildman–Crippen MR) is 117 cm³/mol. The van der Waals surface area contributed by atoms with Crippen LogP contribution in [0, 0.1) is 6.92 Å². The second-order valence-electron chi connectivity index (χ2n) is 9.43. The normalized spacial score (nSPS) is 13.4. The summed E-state index contributed by atoms with van der Waals surface area (Å²) in [5.74, 6) is 1.24. The van der Waals surface area contributed by atoms with E-state index in [1.165, 1.54) is 7.11 Å². The molecular formula is C23H33NO4S. The molecule has 1 atom stereocenters. The molecule has 5 nitrogen and oxygen atoms in total. The molecule has 6 heteroatoms. The maximum Gasteiger partial charge on any atom is 0.311 e. The molecule has 29 heavy (non-hydrogen) atoms. The molecule has 1 heterocycles. The molecule has 0 bridgehead atoms. The number of methoxy groups -OCH3 is 1. The van der Waals surface area contributed by atoms with Crippen LogP contribution < -0.4 is 0 Å². The minimum absolute atomic E-state index is 0.0507. The first-order chi connectivity index (χ1) is 13.2. The van der Waals surface area contributed by atoms with Crippen LogP contribution in [0.2, 0.25) is 0 Å². The molecule has 0 aliphatic heterocycles. The number of phenolic OH excluding ortho intramolecular Hbond substituents is 1. The summed E-state index contributed by atoms with van der Waals surface area (Å²) >= 11 is 1.63. The summed E-state index contributed by atoms with van der Waals surface area (Å²) in [5.41, 5.74) is 2.09. The highest BCUT2D eigenvalue weighted by molar-refractivity contribution is 7.99. The molecular weight excluding hydrogens is 386 g/mol. The molecule has 160 valence electrons. The number of carbonyl (C=O) groups excluding carboxylic acids is 1. The van der Waals surface area contributed by atoms with Crippen molar-refractivity contribution in [2.75, 3.05) is 7.11 Å². The minimum Gasteiger partial charge on any atom is -0.507 e. The number of hydrogen-bond acceptors (Lipinski definition) is 6. The maximum atomic E-state index is 11.6. The number of rotatable bonds is 5. The predicted octanol–water partition coefficient (Wildman–Crippen LogP) is 5.85. The fraction of sp³-hybridized carbons (Fsp3) is 0.565. The topological polar surface area (TPSA) is 72.6 Å². The van der Waals surface area contributed by atoms with Gasteiger partial charge in [-0.05, 0) is 36.8 Å². The van der Waals surface area contributed by atoms with Crippen molar-refractivity contribution < 1.29 is 19.1 Å². The van der Waals surface area contributed by atoms with Gasteiger partial charge in [-0.25, -0.2) is 4.98 Å². The Morgan fingerprint density at radius 3 is 2.14 bits per heavy atom. The van der Waals surface area contributed by atoms with Gasteiger partial charge in [-0.2, -0.15) is 0 Å². The number of oxazole rings is 1. The number of aromatic nitrogens is 1. The highest BCUT2D eigenvalue weighted by atomic mass is 32.2. The molecule has 1 aromatic heterocycles. The van der Waals surface area contributed by atoms with Gasteiger partial charge in [-0.3, -0.25) is 4.79 Å². The van der Waals surface area contributed by atoms with E-state index in [-0.39, 0.29) is 28.5 Å². The van der Waals surface area contributed by atoms with Gasteiger partial charge in [0.25, 0.3) is 0 Å². The number of thioether (sulfide) groups is 1. The lowest BCUT2D eigenvalue weighted by Gasteiger charge is -2.28. The summed E-state index contributed by atoms with van der Waals surface area (Å²) in [7, 11) is 1.36. The first-order valence-electron chi connectivity index (χ1n) is 9.81. The van der Waals surface area contributed by atoms with E-state index in [9.17, 15) is 9.90 Å².